The van der Waals surface area contributed by atoms with Gasteiger partial charge in [0.25, 0.3) is 0 Å². The summed E-state index contributed by atoms with van der Waals surface area (Å²) in [6.45, 7) is 3.85. The fraction of sp³-hybridized carbons (Fsp3) is 0.385. The molecule has 1 fully saturated rings. The SMILES string of the molecule is CN1CCN(c2ncnc(-c3cccnc3Cl)n2)CC1. The van der Waals surface area contributed by atoms with Crippen LogP contribution in [-0.2, 0) is 0 Å². The van der Waals surface area contributed by atoms with Crippen LogP contribution in [0, 0.1) is 0 Å². The van der Waals surface area contributed by atoms with Gasteiger partial charge in [0.05, 0.1) is 5.56 Å². The first kappa shape index (κ1) is 13.2. The number of rotatable bonds is 2. The van der Waals surface area contributed by atoms with Crippen molar-refractivity contribution in [1.82, 2.24) is 24.8 Å². The van der Waals surface area contributed by atoms with E-state index in [4.69, 9.17) is 11.6 Å². The van der Waals surface area contributed by atoms with Crippen molar-refractivity contribution in [2.24, 2.45) is 0 Å². The average Bonchev–Trinajstić information content (AvgIpc) is 2.49. The van der Waals surface area contributed by atoms with Gasteiger partial charge in [-0.05, 0) is 19.2 Å². The highest BCUT2D eigenvalue weighted by Crippen LogP contribution is 2.23. The molecular weight excluding hydrogens is 276 g/mol. The number of hydrogen-bond donors (Lipinski definition) is 0. The maximum absolute atomic E-state index is 6.08. The van der Waals surface area contributed by atoms with Crippen LogP contribution in [-0.4, -0.2) is 58.1 Å². The smallest absolute Gasteiger partial charge is 0.228 e. The molecule has 7 heteroatoms. The molecule has 3 rings (SSSR count). The van der Waals surface area contributed by atoms with E-state index in [-0.39, 0.29) is 0 Å². The van der Waals surface area contributed by atoms with Gasteiger partial charge in [-0.2, -0.15) is 4.98 Å². The van der Waals surface area contributed by atoms with Crippen molar-refractivity contribution < 1.29 is 0 Å². The summed E-state index contributed by atoms with van der Waals surface area (Å²) in [6, 6.07) is 3.68. The van der Waals surface area contributed by atoms with E-state index in [0.717, 1.165) is 31.7 Å². The molecule has 0 radical (unpaired) electrons. The van der Waals surface area contributed by atoms with E-state index in [0.29, 0.717) is 16.9 Å². The Morgan fingerprint density at radius 2 is 1.90 bits per heavy atom. The van der Waals surface area contributed by atoms with Gasteiger partial charge in [0.1, 0.15) is 11.5 Å². The van der Waals surface area contributed by atoms with Crippen LogP contribution in [0.1, 0.15) is 0 Å². The van der Waals surface area contributed by atoms with Gasteiger partial charge in [0, 0.05) is 32.4 Å². The summed E-state index contributed by atoms with van der Waals surface area (Å²) in [4.78, 5) is 21.5. The van der Waals surface area contributed by atoms with Gasteiger partial charge in [-0.25, -0.2) is 15.0 Å². The van der Waals surface area contributed by atoms with Crippen LogP contribution in [0.2, 0.25) is 5.15 Å². The highest BCUT2D eigenvalue weighted by Gasteiger charge is 2.17. The number of pyridine rings is 1. The number of anilines is 1. The van der Waals surface area contributed by atoms with Crippen molar-refractivity contribution in [1.29, 1.82) is 0 Å². The zero-order valence-corrected chi connectivity index (χ0v) is 12.0. The number of likely N-dealkylation sites (N-methyl/N-ethyl adjacent to an activating group) is 1. The van der Waals surface area contributed by atoms with Crippen molar-refractivity contribution in [3.8, 4) is 11.4 Å². The van der Waals surface area contributed by atoms with Gasteiger partial charge in [-0.1, -0.05) is 11.6 Å². The van der Waals surface area contributed by atoms with Crippen molar-refractivity contribution in [3.05, 3.63) is 29.8 Å². The highest BCUT2D eigenvalue weighted by atomic mass is 35.5. The maximum Gasteiger partial charge on any atom is 0.228 e. The predicted octanol–water partition coefficient (Wildman–Crippen LogP) is 1.34. The van der Waals surface area contributed by atoms with Crippen LogP contribution in [0.25, 0.3) is 11.4 Å². The Morgan fingerprint density at radius 1 is 1.10 bits per heavy atom. The van der Waals surface area contributed by atoms with E-state index >= 15 is 0 Å². The number of halogens is 1. The van der Waals surface area contributed by atoms with Crippen LogP contribution in [0.4, 0.5) is 5.95 Å². The summed E-state index contributed by atoms with van der Waals surface area (Å²) < 4.78 is 0. The van der Waals surface area contributed by atoms with Crippen molar-refractivity contribution in [3.63, 3.8) is 0 Å². The van der Waals surface area contributed by atoms with E-state index in [9.17, 15) is 0 Å². The molecule has 2 aromatic heterocycles. The van der Waals surface area contributed by atoms with Gasteiger partial charge in [0.2, 0.25) is 5.95 Å². The second-order valence-corrected chi connectivity index (χ2v) is 5.10. The molecule has 1 aliphatic rings. The molecular formula is C13H15ClN6. The van der Waals surface area contributed by atoms with Crippen LogP contribution in [0.5, 0.6) is 0 Å². The van der Waals surface area contributed by atoms with Crippen molar-refractivity contribution >= 4 is 17.5 Å². The van der Waals surface area contributed by atoms with Crippen LogP contribution >= 0.6 is 11.6 Å². The Hall–Kier alpha value is -1.79. The molecule has 104 valence electrons. The van der Waals surface area contributed by atoms with Gasteiger partial charge in [-0.3, -0.25) is 0 Å². The third kappa shape index (κ3) is 2.71. The quantitative estimate of drug-likeness (QED) is 0.778. The van der Waals surface area contributed by atoms with Crippen LogP contribution < -0.4 is 4.90 Å². The summed E-state index contributed by atoms with van der Waals surface area (Å²) >= 11 is 6.08. The average molecular weight is 291 g/mol. The Morgan fingerprint density at radius 3 is 2.65 bits per heavy atom. The zero-order chi connectivity index (χ0) is 13.9. The minimum Gasteiger partial charge on any atom is -0.338 e. The lowest BCUT2D eigenvalue weighted by Crippen LogP contribution is -2.45. The van der Waals surface area contributed by atoms with Crippen molar-refractivity contribution in [2.45, 2.75) is 0 Å². The van der Waals surface area contributed by atoms with E-state index in [1.807, 2.05) is 12.1 Å². The molecule has 0 N–H and O–H groups in total. The third-order valence-electron chi connectivity index (χ3n) is 3.35. The predicted molar refractivity (Wildman–Crippen MR) is 77.8 cm³/mol. The molecule has 0 atom stereocenters. The lowest BCUT2D eigenvalue weighted by atomic mass is 10.3. The Bertz CT molecular complexity index is 597. The van der Waals surface area contributed by atoms with Gasteiger partial charge >= 0.3 is 0 Å². The van der Waals surface area contributed by atoms with E-state index in [1.165, 1.54) is 6.33 Å². The summed E-state index contributed by atoms with van der Waals surface area (Å²) in [7, 11) is 2.12. The normalized spacial score (nSPS) is 16.4. The largest absolute Gasteiger partial charge is 0.338 e. The summed E-state index contributed by atoms with van der Waals surface area (Å²) in [5.41, 5.74) is 0.729. The Balaban J connectivity index is 1.88. The van der Waals surface area contributed by atoms with E-state index < -0.39 is 0 Å². The molecule has 6 nitrogen and oxygen atoms in total. The summed E-state index contributed by atoms with van der Waals surface area (Å²) in [5, 5.41) is 0.406. The fourth-order valence-electron chi connectivity index (χ4n) is 2.13. The minimum absolute atomic E-state index is 0.406. The van der Waals surface area contributed by atoms with Gasteiger partial charge in [0.15, 0.2) is 5.82 Å². The Labute approximate surface area is 122 Å². The number of piperazine rings is 1. The molecule has 3 heterocycles. The third-order valence-corrected chi connectivity index (χ3v) is 3.65. The monoisotopic (exact) mass is 290 g/mol. The topological polar surface area (TPSA) is 58.0 Å². The molecule has 1 saturated heterocycles. The van der Waals surface area contributed by atoms with E-state index in [2.05, 4.69) is 36.8 Å². The first-order valence-corrected chi connectivity index (χ1v) is 6.85. The molecule has 0 bridgehead atoms. The standard InChI is InChI=1S/C13H15ClN6/c1-19-5-7-20(8-6-19)13-17-9-16-12(18-13)10-3-2-4-15-11(10)14/h2-4,9H,5-8H2,1H3. The summed E-state index contributed by atoms with van der Waals surface area (Å²) in [5.74, 6) is 1.26. The lowest BCUT2D eigenvalue weighted by Gasteiger charge is -2.32. The maximum atomic E-state index is 6.08. The molecule has 0 saturated carbocycles. The summed E-state index contributed by atoms with van der Waals surface area (Å²) in [6.07, 6.45) is 3.17. The first-order chi connectivity index (χ1) is 9.74. The lowest BCUT2D eigenvalue weighted by molar-refractivity contribution is 0.311. The minimum atomic E-state index is 0.406. The highest BCUT2D eigenvalue weighted by molar-refractivity contribution is 6.31. The molecule has 2 aromatic rings. The number of hydrogen-bond acceptors (Lipinski definition) is 6. The molecule has 0 unspecified atom stereocenters. The van der Waals surface area contributed by atoms with Gasteiger partial charge < -0.3 is 9.80 Å². The van der Waals surface area contributed by atoms with Crippen LogP contribution in [0.3, 0.4) is 0 Å². The van der Waals surface area contributed by atoms with Gasteiger partial charge in [-0.15, -0.1) is 0 Å². The second-order valence-electron chi connectivity index (χ2n) is 4.74. The Kier molecular flexibility index (Phi) is 3.75. The molecule has 0 spiro atoms. The molecule has 0 aliphatic carbocycles. The first-order valence-electron chi connectivity index (χ1n) is 6.47. The molecule has 1 aliphatic heterocycles. The zero-order valence-electron chi connectivity index (χ0n) is 11.2. The molecule has 0 amide bonds. The number of nitrogens with zero attached hydrogens (tertiary/aromatic N) is 6. The van der Waals surface area contributed by atoms with E-state index in [1.54, 1.807) is 6.20 Å². The van der Waals surface area contributed by atoms with Crippen LogP contribution in [0.15, 0.2) is 24.7 Å². The fourth-order valence-corrected chi connectivity index (χ4v) is 2.33. The van der Waals surface area contributed by atoms with Crippen molar-refractivity contribution in [2.75, 3.05) is 38.1 Å². The molecule has 0 aromatic carbocycles. The number of aromatic nitrogens is 4. The second kappa shape index (κ2) is 5.68. The molecule has 20 heavy (non-hydrogen) atoms.